The number of aliphatic carboxylic acids is 1. The van der Waals surface area contributed by atoms with E-state index in [1.807, 2.05) is 0 Å². The van der Waals surface area contributed by atoms with Gasteiger partial charge >= 0.3 is 5.97 Å². The van der Waals surface area contributed by atoms with Crippen LogP contribution in [0.1, 0.15) is 70.4 Å². The standard InChI is InChI=1S/C19H28O2/c1-18(2,3)16-10-8-15(9-11-16)14-19(17(20)21)12-6-4-5-7-13-19/h8-11H,4-7,12-14H2,1-3H3,(H,20,21). The zero-order valence-corrected chi connectivity index (χ0v) is 13.6. The van der Waals surface area contributed by atoms with Gasteiger partial charge in [0.15, 0.2) is 0 Å². The van der Waals surface area contributed by atoms with E-state index < -0.39 is 11.4 Å². The minimum Gasteiger partial charge on any atom is -0.481 e. The van der Waals surface area contributed by atoms with Gasteiger partial charge in [0.1, 0.15) is 0 Å². The van der Waals surface area contributed by atoms with Gasteiger partial charge in [-0.2, -0.15) is 0 Å². The Bertz CT molecular complexity index is 471. The molecule has 1 aromatic carbocycles. The predicted molar refractivity (Wildman–Crippen MR) is 86.6 cm³/mol. The Morgan fingerprint density at radius 3 is 2.00 bits per heavy atom. The monoisotopic (exact) mass is 288 g/mol. The lowest BCUT2D eigenvalue weighted by atomic mass is 9.75. The summed E-state index contributed by atoms with van der Waals surface area (Å²) in [4.78, 5) is 11.9. The van der Waals surface area contributed by atoms with Crippen LogP contribution in [0.5, 0.6) is 0 Å². The summed E-state index contributed by atoms with van der Waals surface area (Å²) in [5.41, 5.74) is 2.06. The Morgan fingerprint density at radius 2 is 1.57 bits per heavy atom. The molecule has 0 heterocycles. The Hall–Kier alpha value is -1.31. The molecule has 1 saturated carbocycles. The van der Waals surface area contributed by atoms with Crippen LogP contribution >= 0.6 is 0 Å². The lowest BCUT2D eigenvalue weighted by Crippen LogP contribution is -2.33. The van der Waals surface area contributed by atoms with E-state index in [-0.39, 0.29) is 5.41 Å². The van der Waals surface area contributed by atoms with E-state index >= 15 is 0 Å². The maximum atomic E-state index is 11.9. The number of hydrogen-bond acceptors (Lipinski definition) is 1. The molecule has 21 heavy (non-hydrogen) atoms. The van der Waals surface area contributed by atoms with E-state index in [1.165, 1.54) is 18.4 Å². The van der Waals surface area contributed by atoms with Gasteiger partial charge in [0.25, 0.3) is 0 Å². The third-order valence-electron chi connectivity index (χ3n) is 4.88. The average molecular weight is 288 g/mol. The third kappa shape index (κ3) is 3.87. The Morgan fingerprint density at radius 1 is 1.05 bits per heavy atom. The molecule has 1 aliphatic carbocycles. The molecule has 0 bridgehead atoms. The van der Waals surface area contributed by atoms with Crippen molar-refractivity contribution in [3.63, 3.8) is 0 Å². The number of carboxylic acids is 1. The van der Waals surface area contributed by atoms with E-state index in [9.17, 15) is 9.90 Å². The van der Waals surface area contributed by atoms with E-state index in [2.05, 4.69) is 45.0 Å². The van der Waals surface area contributed by atoms with Gasteiger partial charge in [0.05, 0.1) is 5.41 Å². The second-order valence-corrected chi connectivity index (χ2v) is 7.62. The van der Waals surface area contributed by atoms with Crippen molar-refractivity contribution in [3.05, 3.63) is 35.4 Å². The molecular weight excluding hydrogens is 260 g/mol. The maximum Gasteiger partial charge on any atom is 0.309 e. The van der Waals surface area contributed by atoms with Crippen LogP contribution in [0.4, 0.5) is 0 Å². The SMILES string of the molecule is CC(C)(C)c1ccc(CC2(C(=O)O)CCCCCC2)cc1. The number of carboxylic acid groups (broad SMARTS) is 1. The van der Waals surface area contributed by atoms with Crippen LogP contribution in [0, 0.1) is 5.41 Å². The van der Waals surface area contributed by atoms with E-state index in [1.54, 1.807) is 0 Å². The van der Waals surface area contributed by atoms with Crippen LogP contribution in [0.15, 0.2) is 24.3 Å². The topological polar surface area (TPSA) is 37.3 Å². The first-order valence-corrected chi connectivity index (χ1v) is 8.16. The van der Waals surface area contributed by atoms with Gasteiger partial charge in [0.2, 0.25) is 0 Å². The average Bonchev–Trinajstić information content (AvgIpc) is 2.65. The first-order valence-electron chi connectivity index (χ1n) is 8.16. The molecule has 0 atom stereocenters. The normalized spacial score (nSPS) is 19.0. The lowest BCUT2D eigenvalue weighted by Gasteiger charge is -2.28. The Balaban J connectivity index is 2.19. The highest BCUT2D eigenvalue weighted by Gasteiger charge is 2.38. The molecule has 1 fully saturated rings. The Labute approximate surface area is 128 Å². The summed E-state index contributed by atoms with van der Waals surface area (Å²) >= 11 is 0. The van der Waals surface area contributed by atoms with Crippen LogP contribution in [0.3, 0.4) is 0 Å². The summed E-state index contributed by atoms with van der Waals surface area (Å²) < 4.78 is 0. The van der Waals surface area contributed by atoms with Crippen molar-refractivity contribution >= 4 is 5.97 Å². The highest BCUT2D eigenvalue weighted by molar-refractivity contribution is 5.75. The van der Waals surface area contributed by atoms with Crippen LogP contribution in [-0.4, -0.2) is 11.1 Å². The van der Waals surface area contributed by atoms with Crippen molar-refractivity contribution in [2.45, 2.75) is 71.1 Å². The van der Waals surface area contributed by atoms with Crippen molar-refractivity contribution in [2.24, 2.45) is 5.41 Å². The fourth-order valence-electron chi connectivity index (χ4n) is 3.38. The molecule has 1 N–H and O–H groups in total. The van der Waals surface area contributed by atoms with E-state index in [4.69, 9.17) is 0 Å². The van der Waals surface area contributed by atoms with Gasteiger partial charge in [0, 0.05) is 0 Å². The zero-order chi connectivity index (χ0) is 15.5. The number of hydrogen-bond donors (Lipinski definition) is 1. The molecule has 116 valence electrons. The minimum absolute atomic E-state index is 0.144. The zero-order valence-electron chi connectivity index (χ0n) is 13.6. The second-order valence-electron chi connectivity index (χ2n) is 7.62. The van der Waals surface area contributed by atoms with Crippen molar-refractivity contribution in [1.29, 1.82) is 0 Å². The molecule has 0 unspecified atom stereocenters. The van der Waals surface area contributed by atoms with Crippen LogP contribution in [-0.2, 0) is 16.6 Å². The second kappa shape index (κ2) is 6.21. The first kappa shape index (κ1) is 16.1. The lowest BCUT2D eigenvalue weighted by molar-refractivity contribution is -0.149. The molecule has 0 amide bonds. The van der Waals surface area contributed by atoms with Gasteiger partial charge in [-0.25, -0.2) is 0 Å². The van der Waals surface area contributed by atoms with Crippen LogP contribution < -0.4 is 0 Å². The molecule has 2 rings (SSSR count). The molecule has 0 saturated heterocycles. The van der Waals surface area contributed by atoms with Crippen LogP contribution in [0.2, 0.25) is 0 Å². The van der Waals surface area contributed by atoms with Crippen molar-refractivity contribution in [1.82, 2.24) is 0 Å². The van der Waals surface area contributed by atoms with Gasteiger partial charge in [-0.05, 0) is 35.8 Å². The smallest absolute Gasteiger partial charge is 0.309 e. The van der Waals surface area contributed by atoms with Gasteiger partial charge in [-0.15, -0.1) is 0 Å². The number of benzene rings is 1. The molecule has 0 radical (unpaired) electrons. The summed E-state index contributed by atoms with van der Waals surface area (Å²) in [6.07, 6.45) is 6.77. The number of rotatable bonds is 3. The molecule has 0 aromatic heterocycles. The summed E-state index contributed by atoms with van der Waals surface area (Å²) in [5, 5.41) is 9.76. The van der Waals surface area contributed by atoms with Gasteiger partial charge < -0.3 is 5.11 Å². The fraction of sp³-hybridized carbons (Fsp3) is 0.632. The first-order chi connectivity index (χ1) is 9.83. The van der Waals surface area contributed by atoms with Crippen LogP contribution in [0.25, 0.3) is 0 Å². The van der Waals surface area contributed by atoms with Gasteiger partial charge in [-0.3, -0.25) is 4.79 Å². The highest BCUT2D eigenvalue weighted by Crippen LogP contribution is 2.38. The van der Waals surface area contributed by atoms with Crippen molar-refractivity contribution < 1.29 is 9.90 Å². The molecule has 0 aliphatic heterocycles. The largest absolute Gasteiger partial charge is 0.481 e. The summed E-state index contributed by atoms with van der Waals surface area (Å²) in [6.45, 7) is 6.60. The van der Waals surface area contributed by atoms with Crippen molar-refractivity contribution in [2.75, 3.05) is 0 Å². The fourth-order valence-corrected chi connectivity index (χ4v) is 3.38. The van der Waals surface area contributed by atoms with Crippen molar-refractivity contribution in [3.8, 4) is 0 Å². The summed E-state index contributed by atoms with van der Waals surface area (Å²) in [5.74, 6) is -0.607. The molecule has 1 aliphatic rings. The number of carbonyl (C=O) groups is 1. The summed E-state index contributed by atoms with van der Waals surface area (Å²) in [7, 11) is 0. The van der Waals surface area contributed by atoms with E-state index in [0.717, 1.165) is 31.2 Å². The molecule has 0 spiro atoms. The van der Waals surface area contributed by atoms with E-state index in [0.29, 0.717) is 6.42 Å². The highest BCUT2D eigenvalue weighted by atomic mass is 16.4. The molecule has 1 aromatic rings. The molecule has 2 heteroatoms. The third-order valence-corrected chi connectivity index (χ3v) is 4.88. The van der Waals surface area contributed by atoms with Gasteiger partial charge in [-0.1, -0.05) is 70.7 Å². The summed E-state index contributed by atoms with van der Waals surface area (Å²) in [6, 6.07) is 8.55. The maximum absolute atomic E-state index is 11.9. The minimum atomic E-state index is -0.607. The molecule has 2 nitrogen and oxygen atoms in total. The Kier molecular flexibility index (Phi) is 4.75. The quantitative estimate of drug-likeness (QED) is 0.799. The molecular formula is C19H28O2. The predicted octanol–water partition coefficient (Wildman–Crippen LogP) is 4.95.